The molecule has 1 aliphatic heterocycles. The Kier molecular flexibility index (Phi) is 4.47. The number of amides is 1. The van der Waals surface area contributed by atoms with E-state index >= 15 is 0 Å². The number of nitrogens with two attached hydrogens (primary N) is 1. The standard InChI is InChI=1S/C13H20N4O.ClH/c14-8-10-3-1-2-6-17(10)13(18)12-7-11(15-16-12)9-4-5-9;/h7,9-10H,1-6,8,14H2,(H,15,16);1H. The molecule has 2 fully saturated rings. The number of nitrogens with one attached hydrogen (secondary N) is 1. The first-order chi connectivity index (χ1) is 8.79. The van der Waals surface area contributed by atoms with Gasteiger partial charge in [0.25, 0.3) is 5.91 Å². The van der Waals surface area contributed by atoms with Gasteiger partial charge in [-0.05, 0) is 38.2 Å². The highest BCUT2D eigenvalue weighted by Crippen LogP contribution is 2.39. The fourth-order valence-electron chi connectivity index (χ4n) is 2.71. The first kappa shape index (κ1) is 14.3. The van der Waals surface area contributed by atoms with Crippen molar-refractivity contribution in [3.63, 3.8) is 0 Å². The number of H-pyrrole nitrogens is 1. The lowest BCUT2D eigenvalue weighted by Gasteiger charge is -2.34. The molecule has 6 heteroatoms. The summed E-state index contributed by atoms with van der Waals surface area (Å²) in [5.74, 6) is 0.638. The average molecular weight is 285 g/mol. The van der Waals surface area contributed by atoms with E-state index in [9.17, 15) is 4.79 Å². The zero-order chi connectivity index (χ0) is 12.5. The van der Waals surface area contributed by atoms with Crippen molar-refractivity contribution >= 4 is 18.3 Å². The van der Waals surface area contributed by atoms with Crippen LogP contribution in [0.3, 0.4) is 0 Å². The number of aromatic nitrogens is 2. The van der Waals surface area contributed by atoms with Gasteiger partial charge in [0.2, 0.25) is 0 Å². The molecule has 1 atom stereocenters. The van der Waals surface area contributed by atoms with Crippen LogP contribution in [-0.2, 0) is 0 Å². The molecule has 1 aliphatic carbocycles. The van der Waals surface area contributed by atoms with E-state index in [2.05, 4.69) is 10.2 Å². The van der Waals surface area contributed by atoms with Crippen molar-refractivity contribution in [3.8, 4) is 0 Å². The Balaban J connectivity index is 0.00000133. The van der Waals surface area contributed by atoms with Crippen LogP contribution in [0.25, 0.3) is 0 Å². The third-order valence-electron chi connectivity index (χ3n) is 3.99. The molecule has 5 nitrogen and oxygen atoms in total. The van der Waals surface area contributed by atoms with Crippen LogP contribution in [-0.4, -0.2) is 40.1 Å². The SMILES string of the molecule is Cl.NCC1CCCCN1C(=O)c1cc(C2CC2)[nH]n1. The molecule has 0 aromatic carbocycles. The molecule has 1 unspecified atom stereocenters. The average Bonchev–Trinajstić information content (AvgIpc) is 3.16. The Hall–Kier alpha value is -1.07. The van der Waals surface area contributed by atoms with E-state index in [1.54, 1.807) is 0 Å². The number of aromatic amines is 1. The van der Waals surface area contributed by atoms with Gasteiger partial charge < -0.3 is 10.6 Å². The predicted octanol–water partition coefficient (Wildman–Crippen LogP) is 1.66. The molecular formula is C13H21ClN4O. The van der Waals surface area contributed by atoms with Gasteiger partial charge >= 0.3 is 0 Å². The maximum atomic E-state index is 12.4. The fourth-order valence-corrected chi connectivity index (χ4v) is 2.71. The quantitative estimate of drug-likeness (QED) is 0.886. The summed E-state index contributed by atoms with van der Waals surface area (Å²) in [6.45, 7) is 1.36. The maximum Gasteiger partial charge on any atom is 0.274 e. The van der Waals surface area contributed by atoms with Crippen LogP contribution in [0.5, 0.6) is 0 Å². The molecule has 1 aromatic heterocycles. The summed E-state index contributed by atoms with van der Waals surface area (Å²) < 4.78 is 0. The topological polar surface area (TPSA) is 75.0 Å². The Morgan fingerprint density at radius 3 is 2.89 bits per heavy atom. The Labute approximate surface area is 119 Å². The second kappa shape index (κ2) is 5.92. The van der Waals surface area contributed by atoms with Gasteiger partial charge in [-0.1, -0.05) is 0 Å². The predicted molar refractivity (Wildman–Crippen MR) is 75.5 cm³/mol. The lowest BCUT2D eigenvalue weighted by molar-refractivity contribution is 0.0617. The van der Waals surface area contributed by atoms with E-state index in [0.717, 1.165) is 25.1 Å². The zero-order valence-corrected chi connectivity index (χ0v) is 11.8. The lowest BCUT2D eigenvalue weighted by Crippen LogP contribution is -2.47. The Morgan fingerprint density at radius 1 is 1.42 bits per heavy atom. The minimum Gasteiger partial charge on any atom is -0.333 e. The fraction of sp³-hybridized carbons (Fsp3) is 0.692. The number of hydrogen-bond donors (Lipinski definition) is 2. The number of piperidine rings is 1. The largest absolute Gasteiger partial charge is 0.333 e. The van der Waals surface area contributed by atoms with Gasteiger partial charge in [0.05, 0.1) is 0 Å². The monoisotopic (exact) mass is 284 g/mol. The van der Waals surface area contributed by atoms with Crippen LogP contribution in [0.1, 0.15) is 54.2 Å². The molecular weight excluding hydrogens is 264 g/mol. The normalized spacial score (nSPS) is 23.0. The van der Waals surface area contributed by atoms with Crippen molar-refractivity contribution in [2.75, 3.05) is 13.1 Å². The summed E-state index contributed by atoms with van der Waals surface area (Å²) in [7, 11) is 0. The molecule has 0 spiro atoms. The molecule has 1 aromatic rings. The maximum absolute atomic E-state index is 12.4. The number of hydrogen-bond acceptors (Lipinski definition) is 3. The molecule has 1 amide bonds. The van der Waals surface area contributed by atoms with Crippen molar-refractivity contribution in [2.45, 2.75) is 44.1 Å². The minimum absolute atomic E-state index is 0. The summed E-state index contributed by atoms with van der Waals surface area (Å²) in [5.41, 5.74) is 7.41. The van der Waals surface area contributed by atoms with E-state index < -0.39 is 0 Å². The van der Waals surface area contributed by atoms with Crippen molar-refractivity contribution in [2.24, 2.45) is 5.73 Å². The molecule has 1 saturated carbocycles. The van der Waals surface area contributed by atoms with E-state index in [4.69, 9.17) is 5.73 Å². The third kappa shape index (κ3) is 2.92. The minimum atomic E-state index is 0. The number of carbonyl (C=O) groups excluding carboxylic acids is 1. The number of likely N-dealkylation sites (tertiary alicyclic amines) is 1. The Morgan fingerprint density at radius 2 is 2.21 bits per heavy atom. The van der Waals surface area contributed by atoms with E-state index in [0.29, 0.717) is 18.2 Å². The van der Waals surface area contributed by atoms with Gasteiger partial charge in [0, 0.05) is 30.7 Å². The summed E-state index contributed by atoms with van der Waals surface area (Å²) in [6, 6.07) is 2.11. The second-order valence-electron chi connectivity index (χ2n) is 5.37. The first-order valence-corrected chi connectivity index (χ1v) is 6.86. The number of rotatable bonds is 3. The van der Waals surface area contributed by atoms with Crippen LogP contribution in [0, 0.1) is 0 Å². The summed E-state index contributed by atoms with van der Waals surface area (Å²) >= 11 is 0. The molecule has 3 N–H and O–H groups in total. The highest BCUT2D eigenvalue weighted by atomic mass is 35.5. The number of halogens is 1. The number of nitrogens with zero attached hydrogens (tertiary/aromatic N) is 2. The van der Waals surface area contributed by atoms with Gasteiger partial charge in [0.1, 0.15) is 5.69 Å². The van der Waals surface area contributed by atoms with Crippen molar-refractivity contribution in [1.82, 2.24) is 15.1 Å². The summed E-state index contributed by atoms with van der Waals surface area (Å²) in [5, 5.41) is 7.16. The van der Waals surface area contributed by atoms with Gasteiger partial charge in [-0.3, -0.25) is 9.89 Å². The molecule has 2 aliphatic rings. The van der Waals surface area contributed by atoms with Crippen molar-refractivity contribution in [3.05, 3.63) is 17.5 Å². The van der Waals surface area contributed by atoms with Crippen LogP contribution in [0.2, 0.25) is 0 Å². The second-order valence-corrected chi connectivity index (χ2v) is 5.37. The highest BCUT2D eigenvalue weighted by molar-refractivity contribution is 5.92. The van der Waals surface area contributed by atoms with Crippen LogP contribution >= 0.6 is 12.4 Å². The molecule has 0 bridgehead atoms. The smallest absolute Gasteiger partial charge is 0.274 e. The van der Waals surface area contributed by atoms with Gasteiger partial charge in [0.15, 0.2) is 0 Å². The summed E-state index contributed by atoms with van der Waals surface area (Å²) in [4.78, 5) is 14.3. The Bertz CT molecular complexity index is 444. The third-order valence-corrected chi connectivity index (χ3v) is 3.99. The first-order valence-electron chi connectivity index (χ1n) is 6.86. The van der Waals surface area contributed by atoms with Crippen LogP contribution < -0.4 is 5.73 Å². The number of carbonyl (C=O) groups is 1. The van der Waals surface area contributed by atoms with Crippen LogP contribution in [0.4, 0.5) is 0 Å². The molecule has 19 heavy (non-hydrogen) atoms. The van der Waals surface area contributed by atoms with E-state index in [1.165, 1.54) is 19.3 Å². The summed E-state index contributed by atoms with van der Waals surface area (Å²) in [6.07, 6.45) is 5.68. The van der Waals surface area contributed by atoms with E-state index in [1.807, 2.05) is 11.0 Å². The van der Waals surface area contributed by atoms with E-state index in [-0.39, 0.29) is 24.4 Å². The van der Waals surface area contributed by atoms with Gasteiger partial charge in [-0.25, -0.2) is 0 Å². The van der Waals surface area contributed by atoms with Gasteiger partial charge in [-0.15, -0.1) is 12.4 Å². The molecule has 1 saturated heterocycles. The van der Waals surface area contributed by atoms with Gasteiger partial charge in [-0.2, -0.15) is 5.10 Å². The molecule has 106 valence electrons. The van der Waals surface area contributed by atoms with Crippen molar-refractivity contribution in [1.29, 1.82) is 0 Å². The zero-order valence-electron chi connectivity index (χ0n) is 11.0. The van der Waals surface area contributed by atoms with Crippen LogP contribution in [0.15, 0.2) is 6.07 Å². The molecule has 3 rings (SSSR count). The highest BCUT2D eigenvalue weighted by Gasteiger charge is 2.30. The lowest BCUT2D eigenvalue weighted by atomic mass is 10.0. The molecule has 0 radical (unpaired) electrons. The van der Waals surface area contributed by atoms with Crippen molar-refractivity contribution < 1.29 is 4.79 Å². The molecule has 2 heterocycles.